The molecule has 0 fully saturated rings. The van der Waals surface area contributed by atoms with Gasteiger partial charge in [0.25, 0.3) is 0 Å². The van der Waals surface area contributed by atoms with Gasteiger partial charge < -0.3 is 4.98 Å². The molecular weight excluding hydrogens is 245 g/mol. The molecule has 84 valence electrons. The minimum Gasteiger partial charge on any atom is -0.357 e. The molecule has 0 aliphatic heterocycles. The van der Waals surface area contributed by atoms with Crippen LogP contribution in [0.1, 0.15) is 25.5 Å². The number of hydrogen-bond donors (Lipinski definition) is 1. The summed E-state index contributed by atoms with van der Waals surface area (Å²) < 4.78 is 0. The Morgan fingerprint density at radius 2 is 1.94 bits per heavy atom. The van der Waals surface area contributed by atoms with E-state index < -0.39 is 0 Å². The zero-order chi connectivity index (χ0) is 11.9. The van der Waals surface area contributed by atoms with Crippen molar-refractivity contribution in [3.63, 3.8) is 0 Å². The number of fused-ring (bicyclic) bond motifs is 1. The van der Waals surface area contributed by atoms with Gasteiger partial charge in [-0.05, 0) is 18.1 Å². The molecule has 0 aliphatic carbocycles. The van der Waals surface area contributed by atoms with E-state index >= 15 is 0 Å². The van der Waals surface area contributed by atoms with Crippen molar-refractivity contribution in [1.29, 1.82) is 0 Å². The molecular formula is C12H11Cl2NO. The summed E-state index contributed by atoms with van der Waals surface area (Å²) in [5, 5.41) is 1.42. The highest BCUT2D eigenvalue weighted by Crippen LogP contribution is 2.28. The maximum Gasteiger partial charge on any atom is 0.189 e. The lowest BCUT2D eigenvalue weighted by molar-refractivity contribution is 0.828. The van der Waals surface area contributed by atoms with E-state index in [4.69, 9.17) is 23.2 Å². The molecule has 1 aromatic heterocycles. The van der Waals surface area contributed by atoms with E-state index in [0.29, 0.717) is 20.9 Å². The number of H-pyrrole nitrogens is 1. The second-order valence-corrected chi connectivity index (χ2v) is 4.81. The lowest BCUT2D eigenvalue weighted by atomic mass is 10.1. The molecule has 0 unspecified atom stereocenters. The fourth-order valence-corrected chi connectivity index (χ4v) is 1.96. The summed E-state index contributed by atoms with van der Waals surface area (Å²) in [5.74, 6) is 0.243. The van der Waals surface area contributed by atoms with Crippen LogP contribution in [0.25, 0.3) is 10.9 Å². The minimum atomic E-state index is -0.0315. The first-order valence-corrected chi connectivity index (χ1v) is 5.77. The van der Waals surface area contributed by atoms with Gasteiger partial charge in [0.1, 0.15) is 0 Å². The Kier molecular flexibility index (Phi) is 2.96. The van der Waals surface area contributed by atoms with Gasteiger partial charge in [-0.15, -0.1) is 0 Å². The number of nitrogens with one attached hydrogen (secondary N) is 1. The van der Waals surface area contributed by atoms with E-state index in [1.165, 1.54) is 0 Å². The number of aromatic nitrogens is 1. The van der Waals surface area contributed by atoms with Crippen LogP contribution in [0.5, 0.6) is 0 Å². The molecule has 0 aliphatic rings. The third kappa shape index (κ3) is 1.83. The van der Waals surface area contributed by atoms with Gasteiger partial charge in [0, 0.05) is 17.1 Å². The fourth-order valence-electron chi connectivity index (χ4n) is 1.59. The van der Waals surface area contributed by atoms with E-state index in [1.807, 2.05) is 13.8 Å². The topological polar surface area (TPSA) is 32.9 Å². The summed E-state index contributed by atoms with van der Waals surface area (Å²) in [4.78, 5) is 15.0. The monoisotopic (exact) mass is 255 g/mol. The average Bonchev–Trinajstić information content (AvgIpc) is 2.23. The Morgan fingerprint density at radius 3 is 2.56 bits per heavy atom. The van der Waals surface area contributed by atoms with E-state index in [1.54, 1.807) is 18.2 Å². The Morgan fingerprint density at radius 1 is 1.25 bits per heavy atom. The van der Waals surface area contributed by atoms with Gasteiger partial charge >= 0.3 is 0 Å². The summed E-state index contributed by atoms with van der Waals surface area (Å²) >= 11 is 12.0. The van der Waals surface area contributed by atoms with Crippen molar-refractivity contribution in [3.8, 4) is 0 Å². The normalized spacial score (nSPS) is 11.3. The molecule has 0 bridgehead atoms. The molecule has 0 saturated heterocycles. The van der Waals surface area contributed by atoms with E-state index in [9.17, 15) is 4.79 Å². The third-order valence-electron chi connectivity index (χ3n) is 2.54. The lowest BCUT2D eigenvalue weighted by Gasteiger charge is -2.08. The van der Waals surface area contributed by atoms with E-state index in [-0.39, 0.29) is 11.3 Å². The summed E-state index contributed by atoms with van der Waals surface area (Å²) in [5.41, 5.74) is 1.45. The van der Waals surface area contributed by atoms with Crippen molar-refractivity contribution in [1.82, 2.24) is 4.98 Å². The lowest BCUT2D eigenvalue weighted by Crippen LogP contribution is -2.06. The molecule has 0 radical (unpaired) electrons. The largest absolute Gasteiger partial charge is 0.357 e. The van der Waals surface area contributed by atoms with Crippen LogP contribution in [0.4, 0.5) is 0 Å². The Hall–Kier alpha value is -0.990. The van der Waals surface area contributed by atoms with Crippen molar-refractivity contribution >= 4 is 34.1 Å². The predicted molar refractivity (Wildman–Crippen MR) is 68.7 cm³/mol. The maximum atomic E-state index is 11.8. The van der Waals surface area contributed by atoms with Crippen molar-refractivity contribution < 1.29 is 0 Å². The van der Waals surface area contributed by atoms with Crippen LogP contribution < -0.4 is 5.43 Å². The summed E-state index contributed by atoms with van der Waals surface area (Å²) in [6.07, 6.45) is 0. The van der Waals surface area contributed by atoms with E-state index in [0.717, 1.165) is 5.69 Å². The number of rotatable bonds is 1. The molecule has 1 aromatic carbocycles. The SMILES string of the molecule is CC(C)c1cc(=O)c2ccc(Cl)c(Cl)c2[nH]1. The quantitative estimate of drug-likeness (QED) is 0.823. The Bertz CT molecular complexity index is 602. The summed E-state index contributed by atoms with van der Waals surface area (Å²) in [6.45, 7) is 4.02. The van der Waals surface area contributed by atoms with Crippen molar-refractivity contribution in [2.45, 2.75) is 19.8 Å². The van der Waals surface area contributed by atoms with Crippen LogP contribution in [-0.4, -0.2) is 4.98 Å². The predicted octanol–water partition coefficient (Wildman–Crippen LogP) is 3.96. The van der Waals surface area contributed by atoms with Crippen LogP contribution in [-0.2, 0) is 0 Å². The molecule has 4 heteroatoms. The Labute approximate surface area is 103 Å². The number of halogens is 2. The van der Waals surface area contributed by atoms with E-state index in [2.05, 4.69) is 4.98 Å². The van der Waals surface area contributed by atoms with Crippen molar-refractivity contribution in [2.24, 2.45) is 0 Å². The molecule has 0 amide bonds. The molecule has 1 heterocycles. The van der Waals surface area contributed by atoms with Crippen LogP contribution in [0.3, 0.4) is 0 Å². The van der Waals surface area contributed by atoms with Crippen molar-refractivity contribution in [3.05, 3.63) is 44.2 Å². The van der Waals surface area contributed by atoms with Crippen LogP contribution in [0.15, 0.2) is 23.0 Å². The standard InChI is InChI=1S/C12H11Cl2NO/c1-6(2)9-5-10(16)7-3-4-8(13)11(14)12(7)15-9/h3-6H,1-2H3,(H,15,16). The maximum absolute atomic E-state index is 11.8. The molecule has 2 aromatic rings. The van der Waals surface area contributed by atoms with Gasteiger partial charge in [0.15, 0.2) is 5.43 Å². The average molecular weight is 256 g/mol. The molecule has 0 saturated carbocycles. The highest BCUT2D eigenvalue weighted by molar-refractivity contribution is 6.44. The second kappa shape index (κ2) is 4.11. The van der Waals surface area contributed by atoms with Gasteiger partial charge in [-0.3, -0.25) is 4.79 Å². The van der Waals surface area contributed by atoms with Crippen LogP contribution >= 0.6 is 23.2 Å². The first-order valence-electron chi connectivity index (χ1n) is 5.01. The number of aromatic amines is 1. The third-order valence-corrected chi connectivity index (χ3v) is 3.34. The number of pyridine rings is 1. The first-order chi connectivity index (χ1) is 7.50. The molecule has 2 rings (SSSR count). The van der Waals surface area contributed by atoms with Crippen molar-refractivity contribution in [2.75, 3.05) is 0 Å². The highest BCUT2D eigenvalue weighted by atomic mass is 35.5. The summed E-state index contributed by atoms with van der Waals surface area (Å²) in [7, 11) is 0. The highest BCUT2D eigenvalue weighted by Gasteiger charge is 2.09. The van der Waals surface area contributed by atoms with Gasteiger partial charge in [0.05, 0.1) is 15.6 Å². The van der Waals surface area contributed by atoms with Crippen LogP contribution in [0.2, 0.25) is 10.0 Å². The Balaban J connectivity index is 2.89. The fraction of sp³-hybridized carbons (Fsp3) is 0.250. The smallest absolute Gasteiger partial charge is 0.189 e. The number of benzene rings is 1. The summed E-state index contributed by atoms with van der Waals surface area (Å²) in [6, 6.07) is 4.93. The number of hydrogen-bond acceptors (Lipinski definition) is 1. The molecule has 1 N–H and O–H groups in total. The first kappa shape index (κ1) is 11.5. The van der Waals surface area contributed by atoms with Gasteiger partial charge in [-0.2, -0.15) is 0 Å². The second-order valence-electron chi connectivity index (χ2n) is 4.03. The molecule has 0 spiro atoms. The van der Waals surface area contributed by atoms with Gasteiger partial charge in [-0.25, -0.2) is 0 Å². The van der Waals surface area contributed by atoms with Gasteiger partial charge in [-0.1, -0.05) is 37.0 Å². The molecule has 16 heavy (non-hydrogen) atoms. The zero-order valence-corrected chi connectivity index (χ0v) is 10.5. The zero-order valence-electron chi connectivity index (χ0n) is 8.97. The minimum absolute atomic E-state index is 0.0315. The van der Waals surface area contributed by atoms with Crippen LogP contribution in [0, 0.1) is 0 Å². The molecule has 0 atom stereocenters. The van der Waals surface area contributed by atoms with Gasteiger partial charge in [0.2, 0.25) is 0 Å². The molecule has 2 nitrogen and oxygen atoms in total.